The van der Waals surface area contributed by atoms with Crippen LogP contribution in [-0.2, 0) is 16.6 Å². The number of hydrogen-bond acceptors (Lipinski definition) is 3. The number of hydrogen-bond donors (Lipinski definition) is 0. The van der Waals surface area contributed by atoms with Gasteiger partial charge < -0.3 is 9.47 Å². The number of nitrogens with zero attached hydrogens (tertiary/aromatic N) is 2. The van der Waals surface area contributed by atoms with Crippen molar-refractivity contribution >= 4 is 22.5 Å². The Morgan fingerprint density at radius 2 is 1.44 bits per heavy atom. The Kier molecular flexibility index (Phi) is 3.64. The van der Waals surface area contributed by atoms with Crippen molar-refractivity contribution in [2.75, 3.05) is 7.05 Å². The summed E-state index contributed by atoms with van der Waals surface area (Å²) in [6.07, 6.45) is 6.95. The summed E-state index contributed by atoms with van der Waals surface area (Å²) in [7, 11) is 4.08. The zero-order valence-electron chi connectivity index (χ0n) is 15.9. The second-order valence-electron chi connectivity index (χ2n) is 7.98. The van der Waals surface area contributed by atoms with Gasteiger partial charge in [0.2, 0.25) is 0 Å². The molecule has 0 atom stereocenters. The van der Waals surface area contributed by atoms with Crippen molar-refractivity contribution < 1.29 is 9.59 Å². The van der Waals surface area contributed by atoms with Crippen LogP contribution in [0, 0.1) is 0 Å². The SMILES string of the molecule is CN1C2=C(C(=O)CCC2)C(c2cn(C)c3ccccc23)C2=C1CCCC2=O. The summed E-state index contributed by atoms with van der Waals surface area (Å²) < 4.78 is 2.12. The van der Waals surface area contributed by atoms with Crippen LogP contribution in [0.2, 0.25) is 0 Å². The monoisotopic (exact) mass is 360 g/mol. The molecule has 27 heavy (non-hydrogen) atoms. The molecule has 0 bridgehead atoms. The highest BCUT2D eigenvalue weighted by Gasteiger charge is 2.43. The molecule has 0 N–H and O–H groups in total. The van der Waals surface area contributed by atoms with Gasteiger partial charge in [-0.05, 0) is 37.3 Å². The van der Waals surface area contributed by atoms with Crippen molar-refractivity contribution in [1.82, 2.24) is 9.47 Å². The third-order valence-electron chi connectivity index (χ3n) is 6.48. The average Bonchev–Trinajstić information content (AvgIpc) is 3.00. The molecular weight excluding hydrogens is 336 g/mol. The number of Topliss-reactive ketones (excluding diaryl/α,β-unsaturated/α-hetero) is 2. The molecule has 4 heteroatoms. The van der Waals surface area contributed by atoms with Gasteiger partial charge in [0.05, 0.1) is 0 Å². The van der Waals surface area contributed by atoms with Gasteiger partial charge in [0.25, 0.3) is 0 Å². The third kappa shape index (κ3) is 2.29. The van der Waals surface area contributed by atoms with E-state index < -0.39 is 0 Å². The molecule has 138 valence electrons. The summed E-state index contributed by atoms with van der Waals surface area (Å²) in [5.41, 5.74) is 6.26. The summed E-state index contributed by atoms with van der Waals surface area (Å²) in [4.78, 5) is 28.3. The molecule has 1 aliphatic heterocycles. The zero-order chi connectivity index (χ0) is 18.7. The number of carbonyl (C=O) groups is 2. The molecule has 0 spiro atoms. The Balaban J connectivity index is 1.83. The van der Waals surface area contributed by atoms with Crippen LogP contribution < -0.4 is 0 Å². The maximum Gasteiger partial charge on any atom is 0.161 e. The number of aryl methyl sites for hydroxylation is 1. The predicted molar refractivity (Wildman–Crippen MR) is 105 cm³/mol. The molecule has 5 rings (SSSR count). The molecule has 0 unspecified atom stereocenters. The third-order valence-corrected chi connectivity index (χ3v) is 6.48. The summed E-state index contributed by atoms with van der Waals surface area (Å²) in [5.74, 6) is 0.217. The Morgan fingerprint density at radius 1 is 0.852 bits per heavy atom. The van der Waals surface area contributed by atoms with E-state index in [-0.39, 0.29) is 17.5 Å². The minimum absolute atomic E-state index is 0.210. The normalized spacial score (nSPS) is 21.2. The smallest absolute Gasteiger partial charge is 0.161 e. The zero-order valence-corrected chi connectivity index (χ0v) is 15.9. The molecule has 0 saturated carbocycles. The Bertz CT molecular complexity index is 1010. The average molecular weight is 360 g/mol. The lowest BCUT2D eigenvalue weighted by Gasteiger charge is -2.42. The van der Waals surface area contributed by atoms with E-state index in [1.807, 2.05) is 26.2 Å². The van der Waals surface area contributed by atoms with Crippen molar-refractivity contribution in [1.29, 1.82) is 0 Å². The summed E-state index contributed by atoms with van der Waals surface area (Å²) in [6, 6.07) is 8.29. The molecule has 1 aromatic carbocycles. The first-order valence-electron chi connectivity index (χ1n) is 9.88. The fraction of sp³-hybridized carbons (Fsp3) is 0.391. The first-order chi connectivity index (χ1) is 13.1. The maximum absolute atomic E-state index is 13.1. The fourth-order valence-electron chi connectivity index (χ4n) is 5.27. The van der Waals surface area contributed by atoms with Gasteiger partial charge in [0, 0.05) is 72.5 Å². The standard InChI is InChI=1S/C23H24N2O2/c1-24-13-15(14-7-3-4-8-16(14)24)21-22-17(9-5-11-19(22)26)25(2)18-10-6-12-20(27)23(18)21/h3-4,7-8,13,21H,5-6,9-12H2,1-2H3. The molecule has 0 radical (unpaired) electrons. The number of aromatic nitrogens is 1. The number of fused-ring (bicyclic) bond motifs is 1. The van der Waals surface area contributed by atoms with Crippen LogP contribution in [0.25, 0.3) is 10.9 Å². The maximum atomic E-state index is 13.1. The van der Waals surface area contributed by atoms with Crippen LogP contribution in [-0.4, -0.2) is 28.1 Å². The molecule has 0 amide bonds. The molecule has 0 fully saturated rings. The van der Waals surface area contributed by atoms with Crippen LogP contribution in [0.15, 0.2) is 53.0 Å². The van der Waals surface area contributed by atoms with Crippen molar-refractivity contribution in [3.8, 4) is 0 Å². The molecule has 2 aliphatic carbocycles. The van der Waals surface area contributed by atoms with E-state index in [1.165, 1.54) is 0 Å². The van der Waals surface area contributed by atoms with Gasteiger partial charge in [-0.25, -0.2) is 0 Å². The number of allylic oxidation sites excluding steroid dienone is 4. The number of benzene rings is 1. The lowest BCUT2D eigenvalue weighted by molar-refractivity contribution is -0.117. The van der Waals surface area contributed by atoms with Crippen molar-refractivity contribution in [3.63, 3.8) is 0 Å². The molecular formula is C23H24N2O2. The van der Waals surface area contributed by atoms with E-state index in [1.54, 1.807) is 0 Å². The Hall–Kier alpha value is -2.62. The van der Waals surface area contributed by atoms with Crippen LogP contribution in [0.5, 0.6) is 0 Å². The van der Waals surface area contributed by atoms with Gasteiger partial charge in [-0.1, -0.05) is 18.2 Å². The van der Waals surface area contributed by atoms with Gasteiger partial charge in [0.15, 0.2) is 11.6 Å². The van der Waals surface area contributed by atoms with E-state index in [0.29, 0.717) is 12.8 Å². The Labute approximate surface area is 159 Å². The molecule has 0 saturated heterocycles. The van der Waals surface area contributed by atoms with E-state index in [4.69, 9.17) is 0 Å². The largest absolute Gasteiger partial charge is 0.351 e. The van der Waals surface area contributed by atoms with Gasteiger partial charge in [0.1, 0.15) is 0 Å². The summed E-state index contributed by atoms with van der Waals surface area (Å²) in [6.45, 7) is 0. The molecule has 2 heterocycles. The summed E-state index contributed by atoms with van der Waals surface area (Å²) in [5, 5.41) is 1.14. The van der Waals surface area contributed by atoms with Gasteiger partial charge in [-0.15, -0.1) is 0 Å². The van der Waals surface area contributed by atoms with Crippen molar-refractivity contribution in [2.45, 2.75) is 44.4 Å². The fourth-order valence-corrected chi connectivity index (χ4v) is 5.27. The second-order valence-corrected chi connectivity index (χ2v) is 7.98. The lowest BCUT2D eigenvalue weighted by Crippen LogP contribution is -2.37. The second kappa shape index (κ2) is 5.95. The number of rotatable bonds is 1. The van der Waals surface area contributed by atoms with Crippen molar-refractivity contribution in [2.24, 2.45) is 7.05 Å². The number of para-hydroxylation sites is 1. The number of carbonyl (C=O) groups excluding carboxylic acids is 2. The van der Waals surface area contributed by atoms with Crippen LogP contribution >= 0.6 is 0 Å². The molecule has 3 aliphatic rings. The summed E-state index contributed by atoms with van der Waals surface area (Å²) >= 11 is 0. The highest BCUT2D eigenvalue weighted by Crippen LogP contribution is 2.49. The van der Waals surface area contributed by atoms with E-state index in [2.05, 4.69) is 27.8 Å². The topological polar surface area (TPSA) is 42.3 Å². The highest BCUT2D eigenvalue weighted by atomic mass is 16.1. The minimum atomic E-state index is -0.210. The van der Waals surface area contributed by atoms with Crippen LogP contribution in [0.3, 0.4) is 0 Å². The highest BCUT2D eigenvalue weighted by molar-refractivity contribution is 6.07. The van der Waals surface area contributed by atoms with E-state index in [0.717, 1.165) is 64.7 Å². The number of ketones is 2. The van der Waals surface area contributed by atoms with E-state index >= 15 is 0 Å². The minimum Gasteiger partial charge on any atom is -0.351 e. The van der Waals surface area contributed by atoms with E-state index in [9.17, 15) is 9.59 Å². The first kappa shape index (κ1) is 16.5. The molecule has 2 aromatic rings. The van der Waals surface area contributed by atoms with Gasteiger partial charge in [-0.2, -0.15) is 0 Å². The molecule has 4 nitrogen and oxygen atoms in total. The predicted octanol–water partition coefficient (Wildman–Crippen LogP) is 4.22. The van der Waals surface area contributed by atoms with Gasteiger partial charge >= 0.3 is 0 Å². The van der Waals surface area contributed by atoms with Crippen LogP contribution in [0.4, 0.5) is 0 Å². The Morgan fingerprint density at radius 3 is 2.07 bits per heavy atom. The van der Waals surface area contributed by atoms with Crippen molar-refractivity contribution in [3.05, 3.63) is 58.6 Å². The lowest BCUT2D eigenvalue weighted by atomic mass is 9.71. The quantitative estimate of drug-likeness (QED) is 0.765. The van der Waals surface area contributed by atoms with Gasteiger partial charge in [-0.3, -0.25) is 9.59 Å². The van der Waals surface area contributed by atoms with Crippen LogP contribution in [0.1, 0.15) is 50.0 Å². The first-order valence-corrected chi connectivity index (χ1v) is 9.88. The molecule has 1 aromatic heterocycles.